The SMILES string of the molecule is COC(=O)C(C)=CCNC1CC1C. The molecule has 0 radical (unpaired) electrons. The number of methoxy groups -OCH3 is 1. The summed E-state index contributed by atoms with van der Waals surface area (Å²) in [4.78, 5) is 10.9. The van der Waals surface area contributed by atoms with E-state index < -0.39 is 0 Å². The summed E-state index contributed by atoms with van der Waals surface area (Å²) in [5, 5.41) is 3.33. The number of nitrogens with one attached hydrogen (secondary N) is 1. The highest BCUT2D eigenvalue weighted by molar-refractivity contribution is 5.87. The van der Waals surface area contributed by atoms with Crippen molar-refractivity contribution < 1.29 is 9.53 Å². The van der Waals surface area contributed by atoms with Gasteiger partial charge in [0.15, 0.2) is 0 Å². The summed E-state index contributed by atoms with van der Waals surface area (Å²) in [7, 11) is 1.40. The van der Waals surface area contributed by atoms with E-state index >= 15 is 0 Å². The second-order valence-corrected chi connectivity index (χ2v) is 3.61. The Kier molecular flexibility index (Phi) is 3.48. The number of carbonyl (C=O) groups is 1. The standard InChI is InChI=1S/C10H17NO2/c1-7(10(12)13-3)4-5-11-9-6-8(9)2/h4,8-9,11H,5-6H2,1-3H3. The van der Waals surface area contributed by atoms with Gasteiger partial charge in [-0.2, -0.15) is 0 Å². The van der Waals surface area contributed by atoms with Crippen LogP contribution in [0.5, 0.6) is 0 Å². The third kappa shape index (κ3) is 3.19. The summed E-state index contributed by atoms with van der Waals surface area (Å²) in [6.45, 7) is 4.74. The molecular weight excluding hydrogens is 166 g/mol. The summed E-state index contributed by atoms with van der Waals surface area (Å²) in [5.74, 6) is 0.553. The summed E-state index contributed by atoms with van der Waals surface area (Å²) < 4.78 is 4.57. The molecule has 1 aliphatic carbocycles. The number of rotatable bonds is 4. The van der Waals surface area contributed by atoms with Crippen LogP contribution >= 0.6 is 0 Å². The predicted molar refractivity (Wildman–Crippen MR) is 51.3 cm³/mol. The van der Waals surface area contributed by atoms with E-state index in [1.165, 1.54) is 13.5 Å². The number of ether oxygens (including phenoxy) is 1. The van der Waals surface area contributed by atoms with Crippen molar-refractivity contribution in [1.82, 2.24) is 5.32 Å². The first kappa shape index (κ1) is 10.3. The molecule has 1 saturated carbocycles. The lowest BCUT2D eigenvalue weighted by Crippen LogP contribution is -2.18. The van der Waals surface area contributed by atoms with E-state index in [-0.39, 0.29) is 5.97 Å². The quantitative estimate of drug-likeness (QED) is 0.524. The maximum atomic E-state index is 10.9. The van der Waals surface area contributed by atoms with Crippen LogP contribution in [0.3, 0.4) is 0 Å². The number of hydrogen-bond donors (Lipinski definition) is 1. The molecule has 0 aromatic carbocycles. The van der Waals surface area contributed by atoms with Gasteiger partial charge in [-0.3, -0.25) is 0 Å². The molecule has 74 valence electrons. The van der Waals surface area contributed by atoms with Crippen molar-refractivity contribution in [2.75, 3.05) is 13.7 Å². The topological polar surface area (TPSA) is 38.3 Å². The monoisotopic (exact) mass is 183 g/mol. The van der Waals surface area contributed by atoms with E-state index in [4.69, 9.17) is 0 Å². The Morgan fingerprint density at radius 1 is 1.69 bits per heavy atom. The lowest BCUT2D eigenvalue weighted by Gasteiger charge is -2.00. The van der Waals surface area contributed by atoms with Gasteiger partial charge in [0.25, 0.3) is 0 Å². The van der Waals surface area contributed by atoms with E-state index in [1.54, 1.807) is 6.92 Å². The number of carbonyl (C=O) groups excluding carboxylic acids is 1. The van der Waals surface area contributed by atoms with Gasteiger partial charge in [-0.25, -0.2) is 4.79 Å². The van der Waals surface area contributed by atoms with E-state index in [1.807, 2.05) is 6.08 Å². The Bertz CT molecular complexity index is 223. The first-order valence-corrected chi connectivity index (χ1v) is 4.63. The molecule has 0 bridgehead atoms. The van der Waals surface area contributed by atoms with Gasteiger partial charge < -0.3 is 10.1 Å². The van der Waals surface area contributed by atoms with Crippen molar-refractivity contribution >= 4 is 5.97 Å². The molecule has 0 aromatic rings. The molecule has 13 heavy (non-hydrogen) atoms. The first-order chi connectivity index (χ1) is 6.15. The van der Waals surface area contributed by atoms with Crippen LogP contribution in [-0.2, 0) is 9.53 Å². The van der Waals surface area contributed by atoms with Crippen molar-refractivity contribution in [2.45, 2.75) is 26.3 Å². The molecule has 1 N–H and O–H groups in total. The Balaban J connectivity index is 2.19. The van der Waals surface area contributed by atoms with Crippen LogP contribution in [-0.4, -0.2) is 25.7 Å². The maximum Gasteiger partial charge on any atom is 0.333 e. The molecule has 1 fully saturated rings. The maximum absolute atomic E-state index is 10.9. The molecule has 0 aliphatic heterocycles. The van der Waals surface area contributed by atoms with Crippen LogP contribution in [0.1, 0.15) is 20.3 Å². The van der Waals surface area contributed by atoms with Crippen LogP contribution in [0.15, 0.2) is 11.6 Å². The first-order valence-electron chi connectivity index (χ1n) is 4.63. The minimum Gasteiger partial charge on any atom is -0.466 e. The molecule has 0 aromatic heterocycles. The summed E-state index contributed by atoms with van der Waals surface area (Å²) in [6, 6.07) is 0.654. The Morgan fingerprint density at radius 2 is 2.31 bits per heavy atom. The molecule has 0 spiro atoms. The minimum absolute atomic E-state index is 0.245. The average molecular weight is 183 g/mol. The molecule has 3 heteroatoms. The number of hydrogen-bond acceptors (Lipinski definition) is 3. The molecule has 2 unspecified atom stereocenters. The Labute approximate surface area is 79.2 Å². The normalized spacial score (nSPS) is 27.2. The highest BCUT2D eigenvalue weighted by Gasteiger charge is 2.31. The van der Waals surface area contributed by atoms with Gasteiger partial charge in [-0.15, -0.1) is 0 Å². The number of esters is 1. The minimum atomic E-state index is -0.245. The largest absolute Gasteiger partial charge is 0.466 e. The Morgan fingerprint density at radius 3 is 2.77 bits per heavy atom. The lowest BCUT2D eigenvalue weighted by molar-refractivity contribution is -0.136. The van der Waals surface area contributed by atoms with Gasteiger partial charge in [-0.05, 0) is 19.3 Å². The summed E-state index contributed by atoms with van der Waals surface area (Å²) in [5.41, 5.74) is 0.670. The second kappa shape index (κ2) is 4.42. The van der Waals surface area contributed by atoms with E-state index in [0.717, 1.165) is 12.5 Å². The van der Waals surface area contributed by atoms with Crippen molar-refractivity contribution in [3.63, 3.8) is 0 Å². The summed E-state index contributed by atoms with van der Waals surface area (Å²) >= 11 is 0. The van der Waals surface area contributed by atoms with Gasteiger partial charge in [0.2, 0.25) is 0 Å². The molecule has 3 nitrogen and oxygen atoms in total. The van der Waals surface area contributed by atoms with Crippen molar-refractivity contribution in [2.24, 2.45) is 5.92 Å². The van der Waals surface area contributed by atoms with Gasteiger partial charge in [0.05, 0.1) is 7.11 Å². The zero-order valence-electron chi connectivity index (χ0n) is 8.46. The van der Waals surface area contributed by atoms with E-state index in [9.17, 15) is 4.79 Å². The fraction of sp³-hybridized carbons (Fsp3) is 0.700. The second-order valence-electron chi connectivity index (χ2n) is 3.61. The zero-order valence-corrected chi connectivity index (χ0v) is 8.46. The zero-order chi connectivity index (χ0) is 9.84. The molecule has 0 saturated heterocycles. The molecule has 0 amide bonds. The fourth-order valence-corrected chi connectivity index (χ4v) is 1.21. The van der Waals surface area contributed by atoms with Crippen LogP contribution in [0.25, 0.3) is 0 Å². The molecular formula is C10H17NO2. The van der Waals surface area contributed by atoms with E-state index in [2.05, 4.69) is 17.0 Å². The van der Waals surface area contributed by atoms with Crippen LogP contribution in [0.4, 0.5) is 0 Å². The molecule has 1 rings (SSSR count). The van der Waals surface area contributed by atoms with Gasteiger partial charge >= 0.3 is 5.97 Å². The highest BCUT2D eigenvalue weighted by atomic mass is 16.5. The molecule has 1 aliphatic rings. The third-order valence-electron chi connectivity index (χ3n) is 2.41. The van der Waals surface area contributed by atoms with Crippen molar-refractivity contribution in [3.8, 4) is 0 Å². The highest BCUT2D eigenvalue weighted by Crippen LogP contribution is 2.28. The van der Waals surface area contributed by atoms with Crippen LogP contribution in [0, 0.1) is 5.92 Å². The third-order valence-corrected chi connectivity index (χ3v) is 2.41. The smallest absolute Gasteiger partial charge is 0.333 e. The van der Waals surface area contributed by atoms with Crippen molar-refractivity contribution in [3.05, 3.63) is 11.6 Å². The van der Waals surface area contributed by atoms with Gasteiger partial charge in [0.1, 0.15) is 0 Å². The average Bonchev–Trinajstić information content (AvgIpc) is 2.80. The lowest BCUT2D eigenvalue weighted by atomic mass is 10.3. The van der Waals surface area contributed by atoms with Crippen LogP contribution in [0.2, 0.25) is 0 Å². The van der Waals surface area contributed by atoms with Gasteiger partial charge in [0, 0.05) is 18.2 Å². The Hall–Kier alpha value is -0.830. The predicted octanol–water partition coefficient (Wildman–Crippen LogP) is 1.10. The van der Waals surface area contributed by atoms with Crippen molar-refractivity contribution in [1.29, 1.82) is 0 Å². The van der Waals surface area contributed by atoms with Crippen LogP contribution < -0.4 is 5.32 Å². The van der Waals surface area contributed by atoms with Gasteiger partial charge in [-0.1, -0.05) is 13.0 Å². The molecule has 2 atom stereocenters. The molecule has 0 heterocycles. The van der Waals surface area contributed by atoms with E-state index in [0.29, 0.717) is 11.6 Å². The fourth-order valence-electron chi connectivity index (χ4n) is 1.21. The summed E-state index contributed by atoms with van der Waals surface area (Å²) in [6.07, 6.45) is 3.13.